The fourth-order valence-corrected chi connectivity index (χ4v) is 1.53. The van der Waals surface area contributed by atoms with Gasteiger partial charge >= 0.3 is 12.2 Å². The van der Waals surface area contributed by atoms with Gasteiger partial charge in [-0.2, -0.15) is 0 Å². The topological polar surface area (TPSA) is 77.3 Å². The van der Waals surface area contributed by atoms with E-state index in [4.69, 9.17) is 9.47 Å². The second kappa shape index (κ2) is 12.6. The predicted molar refractivity (Wildman–Crippen MR) is 75.8 cm³/mol. The number of carbonyl (C=O) groups excluding carboxylic acids is 2. The van der Waals surface area contributed by atoms with Gasteiger partial charge in [0.1, 0.15) is 0 Å². The molecule has 0 rings (SSSR count). The van der Waals surface area contributed by atoms with Crippen molar-refractivity contribution >= 4 is 12.2 Å². The SMILES string of the molecule is CCCCOC(=O)/N=N/C(=O)OCC(CC)CCCC. The van der Waals surface area contributed by atoms with Gasteiger partial charge in [-0.05, 0) is 18.8 Å². The molecule has 0 aromatic heterocycles. The maximum absolute atomic E-state index is 11.3. The van der Waals surface area contributed by atoms with Crippen LogP contribution in [-0.4, -0.2) is 25.4 Å². The molecule has 20 heavy (non-hydrogen) atoms. The molecule has 116 valence electrons. The number of rotatable bonds is 9. The van der Waals surface area contributed by atoms with Gasteiger partial charge in [-0.15, -0.1) is 0 Å². The van der Waals surface area contributed by atoms with Crippen molar-refractivity contribution in [2.75, 3.05) is 13.2 Å². The first-order valence-electron chi connectivity index (χ1n) is 7.39. The Bertz CT molecular complexity index is 306. The maximum Gasteiger partial charge on any atom is 0.452 e. The minimum atomic E-state index is -0.853. The Morgan fingerprint density at radius 1 is 0.950 bits per heavy atom. The number of nitrogens with zero attached hydrogens (tertiary/aromatic N) is 2. The number of ether oxygens (including phenoxy) is 2. The summed E-state index contributed by atoms with van der Waals surface area (Å²) in [6.07, 6.45) is 4.19. The molecular weight excluding hydrogens is 260 g/mol. The molecule has 2 amide bonds. The molecule has 1 unspecified atom stereocenters. The van der Waals surface area contributed by atoms with E-state index in [1.54, 1.807) is 0 Å². The van der Waals surface area contributed by atoms with Crippen molar-refractivity contribution in [3.63, 3.8) is 0 Å². The van der Waals surface area contributed by atoms with Crippen molar-refractivity contribution in [2.24, 2.45) is 16.1 Å². The van der Waals surface area contributed by atoms with Crippen molar-refractivity contribution in [1.82, 2.24) is 0 Å². The highest BCUT2D eigenvalue weighted by Crippen LogP contribution is 2.13. The van der Waals surface area contributed by atoms with Crippen LogP contribution in [0.1, 0.15) is 59.3 Å². The highest BCUT2D eigenvalue weighted by Gasteiger charge is 2.10. The molecule has 0 saturated carbocycles. The van der Waals surface area contributed by atoms with E-state index in [0.29, 0.717) is 19.1 Å². The predicted octanol–water partition coefficient (Wildman–Crippen LogP) is 4.73. The van der Waals surface area contributed by atoms with Gasteiger partial charge in [0.25, 0.3) is 0 Å². The zero-order chi connectivity index (χ0) is 15.2. The Hall–Kier alpha value is -1.46. The van der Waals surface area contributed by atoms with Gasteiger partial charge < -0.3 is 9.47 Å². The molecule has 0 spiro atoms. The lowest BCUT2D eigenvalue weighted by molar-refractivity contribution is 0.128. The summed E-state index contributed by atoms with van der Waals surface area (Å²) in [6.45, 7) is 6.77. The second-order valence-corrected chi connectivity index (χ2v) is 4.66. The minimum Gasteiger partial charge on any atom is -0.447 e. The molecule has 0 radical (unpaired) electrons. The molecule has 0 aliphatic carbocycles. The zero-order valence-electron chi connectivity index (χ0n) is 12.8. The third kappa shape index (κ3) is 10.5. The number of amides is 2. The van der Waals surface area contributed by atoms with Crippen LogP contribution in [0.2, 0.25) is 0 Å². The van der Waals surface area contributed by atoms with Crippen LogP contribution in [0, 0.1) is 5.92 Å². The van der Waals surface area contributed by atoms with Gasteiger partial charge in [-0.3, -0.25) is 0 Å². The van der Waals surface area contributed by atoms with E-state index in [2.05, 4.69) is 24.1 Å². The summed E-state index contributed by atoms with van der Waals surface area (Å²) in [5.41, 5.74) is 0. The second-order valence-electron chi connectivity index (χ2n) is 4.66. The molecule has 0 aromatic carbocycles. The van der Waals surface area contributed by atoms with Crippen molar-refractivity contribution in [2.45, 2.75) is 59.3 Å². The minimum absolute atomic E-state index is 0.290. The molecule has 6 heteroatoms. The van der Waals surface area contributed by atoms with E-state index < -0.39 is 12.2 Å². The van der Waals surface area contributed by atoms with Crippen LogP contribution in [0.5, 0.6) is 0 Å². The summed E-state index contributed by atoms with van der Waals surface area (Å²) in [7, 11) is 0. The third-order valence-corrected chi connectivity index (χ3v) is 2.92. The lowest BCUT2D eigenvalue weighted by Crippen LogP contribution is -2.11. The molecule has 0 N–H and O–H groups in total. The Morgan fingerprint density at radius 3 is 2.10 bits per heavy atom. The molecular formula is C14H26N2O4. The smallest absolute Gasteiger partial charge is 0.447 e. The van der Waals surface area contributed by atoms with Gasteiger partial charge in [0.15, 0.2) is 0 Å². The average molecular weight is 286 g/mol. The molecule has 6 nitrogen and oxygen atoms in total. The maximum atomic E-state index is 11.3. The first-order chi connectivity index (χ1) is 9.63. The summed E-state index contributed by atoms with van der Waals surface area (Å²) in [5.74, 6) is 0.339. The first-order valence-corrected chi connectivity index (χ1v) is 7.39. The number of hydrogen-bond donors (Lipinski definition) is 0. The van der Waals surface area contributed by atoms with E-state index in [0.717, 1.165) is 38.5 Å². The van der Waals surface area contributed by atoms with Crippen molar-refractivity contribution in [1.29, 1.82) is 0 Å². The Morgan fingerprint density at radius 2 is 1.55 bits per heavy atom. The monoisotopic (exact) mass is 286 g/mol. The standard InChI is InChI=1S/C14H26N2O4/c1-4-7-9-12(6-3)11-20-14(18)16-15-13(17)19-10-8-5-2/h12H,4-11H2,1-3H3/b16-15+. The fourth-order valence-electron chi connectivity index (χ4n) is 1.53. The van der Waals surface area contributed by atoms with Crippen molar-refractivity contribution < 1.29 is 19.1 Å². The van der Waals surface area contributed by atoms with Crippen molar-refractivity contribution in [3.05, 3.63) is 0 Å². The summed E-state index contributed by atoms with van der Waals surface area (Å²) < 4.78 is 9.69. The number of hydrogen-bond acceptors (Lipinski definition) is 4. The number of azo groups is 1. The summed E-state index contributed by atoms with van der Waals surface area (Å²) >= 11 is 0. The molecule has 0 fully saturated rings. The Labute approximate surface area is 120 Å². The third-order valence-electron chi connectivity index (χ3n) is 2.92. The average Bonchev–Trinajstić information content (AvgIpc) is 2.45. The van der Waals surface area contributed by atoms with E-state index in [1.807, 2.05) is 6.92 Å². The normalized spacial score (nSPS) is 12.3. The largest absolute Gasteiger partial charge is 0.452 e. The van der Waals surface area contributed by atoms with E-state index in [1.165, 1.54) is 0 Å². The van der Waals surface area contributed by atoms with Gasteiger partial charge in [-0.25, -0.2) is 9.59 Å². The van der Waals surface area contributed by atoms with E-state index in [-0.39, 0.29) is 0 Å². The molecule has 0 heterocycles. The fraction of sp³-hybridized carbons (Fsp3) is 0.857. The number of unbranched alkanes of at least 4 members (excludes halogenated alkanes) is 2. The number of carbonyl (C=O) groups is 2. The van der Waals surface area contributed by atoms with Crippen molar-refractivity contribution in [3.8, 4) is 0 Å². The van der Waals surface area contributed by atoms with E-state index in [9.17, 15) is 9.59 Å². The lowest BCUT2D eigenvalue weighted by Gasteiger charge is -2.12. The summed E-state index contributed by atoms with van der Waals surface area (Å²) in [4.78, 5) is 22.3. The van der Waals surface area contributed by atoms with Crippen LogP contribution < -0.4 is 0 Å². The molecule has 1 atom stereocenters. The quantitative estimate of drug-likeness (QED) is 0.453. The zero-order valence-corrected chi connectivity index (χ0v) is 12.8. The van der Waals surface area contributed by atoms with E-state index >= 15 is 0 Å². The Balaban J connectivity index is 3.87. The first kappa shape index (κ1) is 18.5. The molecule has 0 aliphatic rings. The van der Waals surface area contributed by atoms with Gasteiger partial charge in [0, 0.05) is 0 Å². The summed E-state index contributed by atoms with van der Waals surface area (Å²) in [6, 6.07) is 0. The highest BCUT2D eigenvalue weighted by molar-refractivity contribution is 5.73. The molecule has 0 aromatic rings. The Kier molecular flexibility index (Phi) is 11.7. The summed E-state index contributed by atoms with van der Waals surface area (Å²) in [5, 5.41) is 6.33. The lowest BCUT2D eigenvalue weighted by atomic mass is 10.0. The molecule has 0 bridgehead atoms. The van der Waals surface area contributed by atoms with Crippen LogP contribution in [0.3, 0.4) is 0 Å². The van der Waals surface area contributed by atoms with Crippen LogP contribution in [0.15, 0.2) is 10.2 Å². The van der Waals surface area contributed by atoms with Gasteiger partial charge in [-0.1, -0.05) is 56.7 Å². The van der Waals surface area contributed by atoms with Crippen LogP contribution in [-0.2, 0) is 9.47 Å². The van der Waals surface area contributed by atoms with Crippen LogP contribution in [0.25, 0.3) is 0 Å². The van der Waals surface area contributed by atoms with Gasteiger partial charge in [0.05, 0.1) is 13.2 Å². The molecule has 0 saturated heterocycles. The van der Waals surface area contributed by atoms with Gasteiger partial charge in [0.2, 0.25) is 0 Å². The van der Waals surface area contributed by atoms with Crippen LogP contribution in [0.4, 0.5) is 9.59 Å². The molecule has 0 aliphatic heterocycles. The van der Waals surface area contributed by atoms with Crippen LogP contribution >= 0.6 is 0 Å². The highest BCUT2D eigenvalue weighted by atomic mass is 16.6.